The minimum atomic E-state index is -0.528. The first kappa shape index (κ1) is 19.9. The van der Waals surface area contributed by atoms with Crippen molar-refractivity contribution in [3.63, 3.8) is 0 Å². The molecule has 0 aliphatic heterocycles. The van der Waals surface area contributed by atoms with Gasteiger partial charge in [0.05, 0.1) is 5.92 Å². The van der Waals surface area contributed by atoms with Gasteiger partial charge in [-0.1, -0.05) is 43.6 Å². The lowest BCUT2D eigenvalue weighted by molar-refractivity contribution is -0.149. The normalized spacial score (nSPS) is 11.9. The van der Waals surface area contributed by atoms with Gasteiger partial charge in [-0.3, -0.25) is 9.59 Å². The molecule has 0 unspecified atom stereocenters. The lowest BCUT2D eigenvalue weighted by Crippen LogP contribution is -2.26. The van der Waals surface area contributed by atoms with Gasteiger partial charge in [0.25, 0.3) is 5.91 Å². The summed E-state index contributed by atoms with van der Waals surface area (Å²) in [6.45, 7) is 4.99. The summed E-state index contributed by atoms with van der Waals surface area (Å²) in [5, 5.41) is 3.09. The van der Waals surface area contributed by atoms with E-state index in [2.05, 4.69) is 5.32 Å². The van der Waals surface area contributed by atoms with Crippen molar-refractivity contribution in [2.24, 2.45) is 5.92 Å². The van der Waals surface area contributed by atoms with Gasteiger partial charge in [0.2, 0.25) is 0 Å². The van der Waals surface area contributed by atoms with Crippen LogP contribution in [0, 0.1) is 18.7 Å². The molecule has 1 atom stereocenters. The van der Waals surface area contributed by atoms with Gasteiger partial charge < -0.3 is 10.1 Å². The highest BCUT2D eigenvalue weighted by molar-refractivity contribution is 6.30. The van der Waals surface area contributed by atoms with Crippen LogP contribution in [0.5, 0.6) is 0 Å². The molecular formula is C20H21ClFNO3. The van der Waals surface area contributed by atoms with Gasteiger partial charge in [-0.15, -0.1) is 0 Å². The first-order valence-corrected chi connectivity index (χ1v) is 8.64. The number of amides is 1. The number of benzene rings is 2. The summed E-state index contributed by atoms with van der Waals surface area (Å²) in [5.74, 6) is -1.95. The summed E-state index contributed by atoms with van der Waals surface area (Å²) in [4.78, 5) is 24.4. The van der Waals surface area contributed by atoms with E-state index in [9.17, 15) is 14.0 Å². The van der Waals surface area contributed by atoms with E-state index in [-0.39, 0.29) is 5.92 Å². The Morgan fingerprint density at radius 2 is 1.81 bits per heavy atom. The number of carbonyl (C=O) groups is 2. The molecule has 1 amide bonds. The van der Waals surface area contributed by atoms with Crippen LogP contribution in [0.25, 0.3) is 0 Å². The van der Waals surface area contributed by atoms with Crippen LogP contribution in [-0.2, 0) is 14.3 Å². The molecule has 6 heteroatoms. The Bertz CT molecular complexity index is 790. The van der Waals surface area contributed by atoms with Crippen LogP contribution < -0.4 is 5.32 Å². The Labute approximate surface area is 157 Å². The standard InChI is InChI=1S/C20H21ClFNO3/c1-12(2)19(14-5-7-15(21)8-6-14)20(25)26-11-18(24)23-16-9-4-13(3)17(22)10-16/h4-10,12,19H,11H2,1-3H3,(H,23,24)/t19-/m0/s1. The highest BCUT2D eigenvalue weighted by Crippen LogP contribution is 2.27. The maximum Gasteiger partial charge on any atom is 0.314 e. The molecular weight excluding hydrogens is 357 g/mol. The third-order valence-corrected chi connectivity index (χ3v) is 4.20. The second kappa shape index (κ2) is 8.81. The Morgan fingerprint density at radius 3 is 2.38 bits per heavy atom. The van der Waals surface area contributed by atoms with Crippen LogP contribution in [0.3, 0.4) is 0 Å². The largest absolute Gasteiger partial charge is 0.455 e. The Hall–Kier alpha value is -2.40. The molecule has 0 saturated carbocycles. The summed E-state index contributed by atoms with van der Waals surface area (Å²) in [7, 11) is 0. The quantitative estimate of drug-likeness (QED) is 0.742. The zero-order valence-electron chi connectivity index (χ0n) is 14.9. The first-order chi connectivity index (χ1) is 12.3. The van der Waals surface area contributed by atoms with Crippen LogP contribution in [0.15, 0.2) is 42.5 Å². The number of halogens is 2. The van der Waals surface area contributed by atoms with Crippen molar-refractivity contribution in [3.8, 4) is 0 Å². The van der Waals surface area contributed by atoms with E-state index in [0.29, 0.717) is 16.3 Å². The molecule has 4 nitrogen and oxygen atoms in total. The van der Waals surface area contributed by atoms with Gasteiger partial charge in [0, 0.05) is 10.7 Å². The minimum Gasteiger partial charge on any atom is -0.455 e. The number of hydrogen-bond donors (Lipinski definition) is 1. The fraction of sp³-hybridized carbons (Fsp3) is 0.300. The molecule has 2 aromatic rings. The molecule has 0 fully saturated rings. The second-order valence-electron chi connectivity index (χ2n) is 6.39. The fourth-order valence-electron chi connectivity index (χ4n) is 2.56. The number of esters is 1. The van der Waals surface area contributed by atoms with Gasteiger partial charge in [-0.2, -0.15) is 0 Å². The van der Waals surface area contributed by atoms with E-state index < -0.39 is 30.2 Å². The lowest BCUT2D eigenvalue weighted by atomic mass is 9.88. The number of ether oxygens (including phenoxy) is 1. The summed E-state index contributed by atoms with van der Waals surface area (Å²) in [5.41, 5.74) is 1.57. The van der Waals surface area contributed by atoms with Crippen molar-refractivity contribution in [2.45, 2.75) is 26.7 Å². The van der Waals surface area contributed by atoms with E-state index in [1.807, 2.05) is 13.8 Å². The van der Waals surface area contributed by atoms with Gasteiger partial charge in [0.1, 0.15) is 5.82 Å². The smallest absolute Gasteiger partial charge is 0.314 e. The number of anilines is 1. The third kappa shape index (κ3) is 5.30. The molecule has 2 rings (SSSR count). The monoisotopic (exact) mass is 377 g/mol. The van der Waals surface area contributed by atoms with E-state index in [0.717, 1.165) is 5.56 Å². The lowest BCUT2D eigenvalue weighted by Gasteiger charge is -2.20. The van der Waals surface area contributed by atoms with Crippen LogP contribution in [0.4, 0.5) is 10.1 Å². The van der Waals surface area contributed by atoms with Crippen LogP contribution in [0.2, 0.25) is 5.02 Å². The highest BCUT2D eigenvalue weighted by atomic mass is 35.5. The number of rotatable bonds is 6. The molecule has 26 heavy (non-hydrogen) atoms. The minimum absolute atomic E-state index is 0.0158. The summed E-state index contributed by atoms with van der Waals surface area (Å²) < 4.78 is 18.7. The number of hydrogen-bond acceptors (Lipinski definition) is 3. The predicted octanol–water partition coefficient (Wildman–Crippen LogP) is 4.71. The number of aryl methyl sites for hydroxylation is 1. The van der Waals surface area contributed by atoms with Crippen LogP contribution in [-0.4, -0.2) is 18.5 Å². The van der Waals surface area contributed by atoms with Crippen molar-refractivity contribution in [2.75, 3.05) is 11.9 Å². The maximum absolute atomic E-state index is 13.5. The van der Waals surface area contributed by atoms with Crippen molar-refractivity contribution in [3.05, 3.63) is 64.4 Å². The average Bonchev–Trinajstić information content (AvgIpc) is 2.58. The summed E-state index contributed by atoms with van der Waals surface area (Å²) in [6, 6.07) is 11.3. The van der Waals surface area contributed by atoms with Gasteiger partial charge >= 0.3 is 5.97 Å². The molecule has 0 bridgehead atoms. The molecule has 1 N–H and O–H groups in total. The fourth-order valence-corrected chi connectivity index (χ4v) is 2.68. The molecule has 0 aliphatic carbocycles. The zero-order chi connectivity index (χ0) is 19.3. The molecule has 0 spiro atoms. The molecule has 0 radical (unpaired) electrons. The molecule has 138 valence electrons. The Morgan fingerprint density at radius 1 is 1.15 bits per heavy atom. The summed E-state index contributed by atoms with van der Waals surface area (Å²) in [6.07, 6.45) is 0. The van der Waals surface area contributed by atoms with E-state index >= 15 is 0 Å². The highest BCUT2D eigenvalue weighted by Gasteiger charge is 2.26. The Balaban J connectivity index is 1.97. The molecule has 0 aliphatic rings. The van der Waals surface area contributed by atoms with Crippen molar-refractivity contribution >= 4 is 29.2 Å². The molecule has 2 aromatic carbocycles. The SMILES string of the molecule is Cc1ccc(NC(=O)COC(=O)[C@H](c2ccc(Cl)cc2)C(C)C)cc1F. The third-order valence-electron chi connectivity index (χ3n) is 3.95. The van der Waals surface area contributed by atoms with Crippen LogP contribution in [0.1, 0.15) is 30.9 Å². The number of nitrogens with one attached hydrogen (secondary N) is 1. The zero-order valence-corrected chi connectivity index (χ0v) is 15.6. The topological polar surface area (TPSA) is 55.4 Å². The van der Waals surface area contributed by atoms with Crippen LogP contribution >= 0.6 is 11.6 Å². The van der Waals surface area contributed by atoms with Gasteiger partial charge in [0.15, 0.2) is 6.61 Å². The van der Waals surface area contributed by atoms with Crippen molar-refractivity contribution in [1.29, 1.82) is 0 Å². The first-order valence-electron chi connectivity index (χ1n) is 8.26. The van der Waals surface area contributed by atoms with Crippen molar-refractivity contribution in [1.82, 2.24) is 0 Å². The molecule has 0 heterocycles. The van der Waals surface area contributed by atoms with Gasteiger partial charge in [-0.25, -0.2) is 4.39 Å². The molecule has 0 aromatic heterocycles. The predicted molar refractivity (Wildman–Crippen MR) is 99.8 cm³/mol. The number of carbonyl (C=O) groups excluding carboxylic acids is 2. The molecule has 0 saturated heterocycles. The van der Waals surface area contributed by atoms with E-state index in [1.165, 1.54) is 6.07 Å². The van der Waals surface area contributed by atoms with E-state index in [4.69, 9.17) is 16.3 Å². The van der Waals surface area contributed by atoms with E-state index in [1.54, 1.807) is 43.3 Å². The maximum atomic E-state index is 13.5. The second-order valence-corrected chi connectivity index (χ2v) is 6.83. The summed E-state index contributed by atoms with van der Waals surface area (Å²) >= 11 is 5.88. The average molecular weight is 378 g/mol. The van der Waals surface area contributed by atoms with Crippen molar-refractivity contribution < 1.29 is 18.7 Å². The van der Waals surface area contributed by atoms with Gasteiger partial charge in [-0.05, 0) is 48.2 Å². The Kier molecular flexibility index (Phi) is 6.75.